The van der Waals surface area contributed by atoms with E-state index < -0.39 is 53.3 Å². The third-order valence-electron chi connectivity index (χ3n) is 9.97. The van der Waals surface area contributed by atoms with Crippen LogP contribution in [0.25, 0.3) is 22.3 Å². The quantitative estimate of drug-likeness (QED) is 0.125. The van der Waals surface area contributed by atoms with E-state index in [1.807, 2.05) is 43.0 Å². The minimum Gasteiger partial charge on any atom is -0.496 e. The molecule has 2 aromatic carbocycles. The Morgan fingerprint density at radius 1 is 0.962 bits per heavy atom. The molecule has 53 heavy (non-hydrogen) atoms. The van der Waals surface area contributed by atoms with Crippen molar-refractivity contribution in [3.05, 3.63) is 87.9 Å². The number of hydrogen-bond donors (Lipinski definition) is 0. The van der Waals surface area contributed by atoms with Gasteiger partial charge in [0.15, 0.2) is 0 Å². The molecule has 282 valence electrons. The molecule has 1 unspecified atom stereocenters. The van der Waals surface area contributed by atoms with Crippen LogP contribution in [0.5, 0.6) is 5.75 Å². The fraction of sp³-hybridized carbons (Fsp3) is 0.395. The van der Waals surface area contributed by atoms with Crippen molar-refractivity contribution in [2.45, 2.75) is 65.2 Å². The summed E-state index contributed by atoms with van der Waals surface area (Å²) < 4.78 is 101. The van der Waals surface area contributed by atoms with Gasteiger partial charge in [0.1, 0.15) is 23.4 Å². The number of amides is 1. The highest BCUT2D eigenvalue weighted by atomic mass is 19.4. The van der Waals surface area contributed by atoms with Crippen molar-refractivity contribution >= 4 is 17.9 Å². The maximum Gasteiger partial charge on any atom is 0.416 e. The molecule has 2 saturated heterocycles. The van der Waals surface area contributed by atoms with Crippen molar-refractivity contribution in [3.63, 3.8) is 0 Å². The van der Waals surface area contributed by atoms with Gasteiger partial charge in [-0.25, -0.2) is 14.6 Å². The predicted molar refractivity (Wildman–Crippen MR) is 184 cm³/mol. The highest BCUT2D eigenvalue weighted by Gasteiger charge is 2.44. The van der Waals surface area contributed by atoms with E-state index in [0.29, 0.717) is 51.8 Å². The summed E-state index contributed by atoms with van der Waals surface area (Å²) in [5.74, 6) is 0.667. The second-order valence-electron chi connectivity index (χ2n) is 13.1. The van der Waals surface area contributed by atoms with Crippen LogP contribution in [0.2, 0.25) is 0 Å². The lowest BCUT2D eigenvalue weighted by Crippen LogP contribution is -2.38. The van der Waals surface area contributed by atoms with Crippen LogP contribution < -0.4 is 9.64 Å². The summed E-state index contributed by atoms with van der Waals surface area (Å²) in [6.07, 6.45) is -11.5. The van der Waals surface area contributed by atoms with Crippen LogP contribution >= 0.6 is 0 Å². The number of benzene rings is 2. The number of anilines is 1. The summed E-state index contributed by atoms with van der Waals surface area (Å²) in [5.41, 5.74) is 1.68. The number of methoxy groups -OCH3 is 1. The number of nitrogens with zero attached hydrogens (tertiary/aromatic N) is 4. The van der Waals surface area contributed by atoms with E-state index >= 15 is 0 Å². The van der Waals surface area contributed by atoms with Gasteiger partial charge in [0.05, 0.1) is 43.1 Å². The molecule has 2 atom stereocenters. The molecule has 0 aliphatic carbocycles. The fourth-order valence-corrected chi connectivity index (χ4v) is 7.01. The SMILES string of the molecule is CCOC(=O)c1c(C)c(-c2ccc(OC)c(-c3ccc(N4CCC4)nc3CN3C(=O)O[C@H](c4cc(C(F)(F)F)cc(C(F)(F)F)c4)C3C)c2)c(C)n1C. The summed E-state index contributed by atoms with van der Waals surface area (Å²) >= 11 is 0. The first-order valence-electron chi connectivity index (χ1n) is 17.0. The van der Waals surface area contributed by atoms with Gasteiger partial charge in [0.25, 0.3) is 0 Å². The van der Waals surface area contributed by atoms with Gasteiger partial charge in [-0.3, -0.25) is 4.90 Å². The second-order valence-corrected chi connectivity index (χ2v) is 13.1. The molecular weight excluding hydrogens is 706 g/mol. The van der Waals surface area contributed by atoms with E-state index in [1.54, 1.807) is 24.6 Å². The minimum atomic E-state index is -5.07. The topological polar surface area (TPSA) is 86.1 Å². The van der Waals surface area contributed by atoms with Crippen LogP contribution in [0.1, 0.15) is 70.5 Å². The van der Waals surface area contributed by atoms with E-state index in [-0.39, 0.29) is 19.2 Å². The largest absolute Gasteiger partial charge is 0.496 e. The molecule has 6 rings (SSSR count). The lowest BCUT2D eigenvalue weighted by Gasteiger charge is -2.33. The molecule has 0 spiro atoms. The lowest BCUT2D eigenvalue weighted by molar-refractivity contribution is -0.143. The van der Waals surface area contributed by atoms with Gasteiger partial charge in [0, 0.05) is 42.5 Å². The summed E-state index contributed by atoms with van der Waals surface area (Å²) in [6.45, 7) is 8.54. The van der Waals surface area contributed by atoms with Crippen molar-refractivity contribution in [2.75, 3.05) is 31.7 Å². The fourth-order valence-electron chi connectivity index (χ4n) is 7.01. The van der Waals surface area contributed by atoms with E-state index in [0.717, 1.165) is 36.3 Å². The molecule has 2 aromatic heterocycles. The molecule has 15 heteroatoms. The molecule has 2 aliphatic heterocycles. The molecule has 0 radical (unpaired) electrons. The second kappa shape index (κ2) is 14.0. The molecule has 2 fully saturated rings. The van der Waals surface area contributed by atoms with Gasteiger partial charge < -0.3 is 23.7 Å². The highest BCUT2D eigenvalue weighted by Crippen LogP contribution is 2.43. The van der Waals surface area contributed by atoms with Gasteiger partial charge in [-0.05, 0) is 93.3 Å². The number of ether oxygens (including phenoxy) is 3. The Morgan fingerprint density at radius 2 is 1.62 bits per heavy atom. The Balaban J connectivity index is 1.43. The standard InChI is InChI=1S/C38H38F6N4O5/c1-7-52-35(49)33-20(2)32(21(3)46(33)5)23-9-11-30(51-6)28(17-23)27-10-12-31(47-13-8-14-47)45-29(27)19-48-22(4)34(53-36(48)50)24-15-25(37(39,40)41)18-26(16-24)38(42,43)44/h9-12,15-18,22,34H,7-8,13-14,19H2,1-6H3/t22?,34-/m0/s1. The van der Waals surface area contributed by atoms with Crippen molar-refractivity contribution in [2.24, 2.45) is 7.05 Å². The van der Waals surface area contributed by atoms with E-state index in [1.165, 1.54) is 18.9 Å². The van der Waals surface area contributed by atoms with Gasteiger partial charge >= 0.3 is 24.4 Å². The van der Waals surface area contributed by atoms with Crippen molar-refractivity contribution in [1.29, 1.82) is 0 Å². The van der Waals surface area contributed by atoms with Crippen LogP contribution in [0.15, 0.2) is 48.5 Å². The summed E-state index contributed by atoms with van der Waals surface area (Å²) in [7, 11) is 3.29. The van der Waals surface area contributed by atoms with Gasteiger partial charge in [-0.15, -0.1) is 0 Å². The molecule has 0 N–H and O–H groups in total. The molecule has 0 bridgehead atoms. The highest BCUT2D eigenvalue weighted by molar-refractivity contribution is 5.94. The summed E-state index contributed by atoms with van der Waals surface area (Å²) in [5, 5.41) is 0. The zero-order valence-electron chi connectivity index (χ0n) is 29.9. The number of cyclic esters (lactones) is 1. The average molecular weight is 745 g/mol. The first-order chi connectivity index (χ1) is 24.9. The van der Waals surface area contributed by atoms with Gasteiger partial charge in [0.2, 0.25) is 0 Å². The Labute approximate surface area is 302 Å². The Kier molecular flexibility index (Phi) is 9.90. The molecule has 4 heterocycles. The van der Waals surface area contributed by atoms with E-state index in [9.17, 15) is 35.9 Å². The number of aromatic nitrogens is 2. The molecule has 9 nitrogen and oxygen atoms in total. The third-order valence-corrected chi connectivity index (χ3v) is 9.97. The minimum absolute atomic E-state index is 0.0395. The number of alkyl halides is 6. The number of hydrogen-bond acceptors (Lipinski definition) is 7. The normalized spacial score (nSPS) is 17.5. The van der Waals surface area contributed by atoms with Crippen molar-refractivity contribution in [3.8, 4) is 28.0 Å². The first kappa shape index (κ1) is 37.5. The number of halogens is 6. The predicted octanol–water partition coefficient (Wildman–Crippen LogP) is 8.89. The van der Waals surface area contributed by atoms with Crippen LogP contribution in [-0.4, -0.2) is 59.4 Å². The number of rotatable bonds is 9. The lowest BCUT2D eigenvalue weighted by atomic mass is 9.94. The monoisotopic (exact) mass is 744 g/mol. The molecule has 0 saturated carbocycles. The average Bonchev–Trinajstić information content (AvgIpc) is 3.48. The number of carbonyl (C=O) groups is 2. The molecule has 2 aliphatic rings. The number of pyridine rings is 1. The zero-order valence-corrected chi connectivity index (χ0v) is 29.9. The van der Waals surface area contributed by atoms with Crippen molar-refractivity contribution < 1.29 is 50.1 Å². The van der Waals surface area contributed by atoms with E-state index in [4.69, 9.17) is 19.2 Å². The van der Waals surface area contributed by atoms with Crippen molar-refractivity contribution in [1.82, 2.24) is 14.5 Å². The van der Waals surface area contributed by atoms with Crippen LogP contribution in [0, 0.1) is 13.8 Å². The summed E-state index contributed by atoms with van der Waals surface area (Å²) in [4.78, 5) is 34.5. The van der Waals surface area contributed by atoms with Gasteiger partial charge in [-0.2, -0.15) is 26.3 Å². The molecule has 1 amide bonds. The zero-order chi connectivity index (χ0) is 38.6. The Bertz CT molecular complexity index is 2040. The summed E-state index contributed by atoms with van der Waals surface area (Å²) in [6, 6.07) is 9.46. The molecular formula is C38H38F6N4O5. The number of esters is 1. The third kappa shape index (κ3) is 7.00. The Morgan fingerprint density at radius 3 is 2.19 bits per heavy atom. The maximum absolute atomic E-state index is 13.7. The number of carbonyl (C=O) groups excluding carboxylic acids is 2. The van der Waals surface area contributed by atoms with Crippen LogP contribution in [-0.2, 0) is 35.4 Å². The first-order valence-corrected chi connectivity index (χ1v) is 17.0. The van der Waals surface area contributed by atoms with Crippen LogP contribution in [0.4, 0.5) is 37.0 Å². The van der Waals surface area contributed by atoms with E-state index in [2.05, 4.69) is 0 Å². The smallest absolute Gasteiger partial charge is 0.416 e. The Hall–Kier alpha value is -5.21. The van der Waals surface area contributed by atoms with Crippen LogP contribution in [0.3, 0.4) is 0 Å². The van der Waals surface area contributed by atoms with Gasteiger partial charge in [-0.1, -0.05) is 6.07 Å². The maximum atomic E-state index is 13.7. The molecule has 4 aromatic rings.